The number of nitrogens with one attached hydrogen (secondary N) is 1. The van der Waals surface area contributed by atoms with Crippen LogP contribution in [-0.2, 0) is 0 Å². The van der Waals surface area contributed by atoms with Crippen molar-refractivity contribution in [2.75, 3.05) is 0 Å². The van der Waals surface area contributed by atoms with Gasteiger partial charge >= 0.3 is 0 Å². The van der Waals surface area contributed by atoms with Crippen molar-refractivity contribution in [1.82, 2.24) is 10.3 Å². The average molecular weight is 289 g/mol. The van der Waals surface area contributed by atoms with E-state index in [1.54, 1.807) is 12.1 Å². The summed E-state index contributed by atoms with van der Waals surface area (Å²) in [5, 5.41) is 2.66. The number of benzene rings is 1. The predicted octanol–water partition coefficient (Wildman–Crippen LogP) is 1.98. The molecule has 1 amide bonds. The van der Waals surface area contributed by atoms with Crippen molar-refractivity contribution in [2.45, 2.75) is 6.04 Å². The molecule has 0 saturated carbocycles. The lowest BCUT2D eigenvalue weighted by Gasteiger charge is -2.17. The third-order valence-electron chi connectivity index (χ3n) is 2.66. The normalized spacial score (nSPS) is 11.7. The molecule has 0 aliphatic heterocycles. The van der Waals surface area contributed by atoms with E-state index in [-0.39, 0.29) is 10.6 Å². The second kappa shape index (κ2) is 6.21. The second-order valence-electron chi connectivity index (χ2n) is 4.11. The molecule has 1 unspecified atom stereocenters. The number of nitrogens with two attached hydrogens (primary N) is 1. The van der Waals surface area contributed by atoms with Crippen molar-refractivity contribution in [1.29, 1.82) is 0 Å². The predicted molar refractivity (Wildman–Crippen MR) is 77.6 cm³/mol. The van der Waals surface area contributed by atoms with Crippen LogP contribution < -0.4 is 11.1 Å². The first kappa shape index (κ1) is 14.1. The summed E-state index contributed by atoms with van der Waals surface area (Å²) in [6, 6.07) is 9.57. The minimum Gasteiger partial charge on any atom is -0.391 e. The molecule has 0 bridgehead atoms. The van der Waals surface area contributed by atoms with Gasteiger partial charge < -0.3 is 11.1 Å². The maximum absolute atomic E-state index is 13.1. The first-order valence-corrected chi connectivity index (χ1v) is 6.24. The molecule has 2 rings (SSSR count). The van der Waals surface area contributed by atoms with E-state index in [0.29, 0.717) is 0 Å². The summed E-state index contributed by atoms with van der Waals surface area (Å²) in [6.07, 6.45) is 2.30. The highest BCUT2D eigenvalue weighted by molar-refractivity contribution is 7.80. The van der Waals surface area contributed by atoms with Gasteiger partial charge in [0.2, 0.25) is 0 Å². The number of amides is 1. The first-order valence-electron chi connectivity index (χ1n) is 5.83. The Labute approximate surface area is 120 Å². The van der Waals surface area contributed by atoms with Gasteiger partial charge in [0.25, 0.3) is 5.91 Å². The molecule has 2 aromatic rings. The molecule has 0 saturated heterocycles. The van der Waals surface area contributed by atoms with Gasteiger partial charge in [0.15, 0.2) is 0 Å². The molecule has 3 N–H and O–H groups in total. The van der Waals surface area contributed by atoms with Crippen LogP contribution >= 0.6 is 12.2 Å². The molecule has 0 aliphatic carbocycles. The minimum atomic E-state index is -0.609. The molecule has 6 heteroatoms. The van der Waals surface area contributed by atoms with Gasteiger partial charge in [-0.05, 0) is 11.6 Å². The molecular weight excluding hydrogens is 277 g/mol. The van der Waals surface area contributed by atoms with Gasteiger partial charge in [-0.3, -0.25) is 9.78 Å². The van der Waals surface area contributed by atoms with Gasteiger partial charge in [-0.2, -0.15) is 0 Å². The fourth-order valence-corrected chi connectivity index (χ4v) is 1.91. The van der Waals surface area contributed by atoms with E-state index in [4.69, 9.17) is 18.0 Å². The van der Waals surface area contributed by atoms with Crippen molar-refractivity contribution in [2.24, 2.45) is 5.73 Å². The van der Waals surface area contributed by atoms with Gasteiger partial charge in [-0.25, -0.2) is 4.39 Å². The van der Waals surface area contributed by atoms with E-state index in [1.165, 1.54) is 6.20 Å². The first-order chi connectivity index (χ1) is 9.58. The number of nitrogens with zero attached hydrogens (tertiary/aromatic N) is 1. The Hall–Kier alpha value is -2.34. The summed E-state index contributed by atoms with van der Waals surface area (Å²) >= 11 is 4.97. The second-order valence-corrected chi connectivity index (χ2v) is 4.58. The summed E-state index contributed by atoms with van der Waals surface area (Å²) in [5.74, 6) is -1.07. The zero-order valence-electron chi connectivity index (χ0n) is 10.4. The number of rotatable bonds is 4. The average Bonchev–Trinajstić information content (AvgIpc) is 2.45. The van der Waals surface area contributed by atoms with Crippen LogP contribution in [0.3, 0.4) is 0 Å². The van der Waals surface area contributed by atoms with E-state index in [1.807, 2.05) is 18.2 Å². The lowest BCUT2D eigenvalue weighted by atomic mass is 10.1. The number of thiocarbonyl (C=S) groups is 1. The van der Waals surface area contributed by atoms with Crippen LogP contribution in [0.1, 0.15) is 22.0 Å². The van der Waals surface area contributed by atoms with Crippen LogP contribution in [0.25, 0.3) is 0 Å². The molecule has 1 aromatic heterocycles. The number of aromatic nitrogens is 1. The molecule has 20 heavy (non-hydrogen) atoms. The van der Waals surface area contributed by atoms with Crippen molar-refractivity contribution < 1.29 is 9.18 Å². The molecule has 0 aliphatic rings. The van der Waals surface area contributed by atoms with E-state index in [0.717, 1.165) is 17.8 Å². The van der Waals surface area contributed by atoms with Crippen molar-refractivity contribution in [3.63, 3.8) is 0 Å². The van der Waals surface area contributed by atoms with E-state index in [9.17, 15) is 9.18 Å². The Morgan fingerprint density at radius 1 is 1.30 bits per heavy atom. The zero-order valence-corrected chi connectivity index (χ0v) is 11.2. The van der Waals surface area contributed by atoms with E-state index < -0.39 is 17.8 Å². The molecule has 102 valence electrons. The molecule has 0 fully saturated rings. The largest absolute Gasteiger partial charge is 0.391 e. The fraction of sp³-hybridized carbons (Fsp3) is 0.0714. The minimum absolute atomic E-state index is 0.113. The number of halogens is 1. The molecule has 1 atom stereocenters. The SMILES string of the molecule is NC(=S)C(NC(=O)c1cncc(F)c1)c1ccccc1. The van der Waals surface area contributed by atoms with Gasteiger partial charge in [-0.15, -0.1) is 0 Å². The summed E-state index contributed by atoms with van der Waals surface area (Å²) in [5.41, 5.74) is 6.53. The Balaban J connectivity index is 2.21. The zero-order chi connectivity index (χ0) is 14.5. The molecule has 4 nitrogen and oxygen atoms in total. The summed E-state index contributed by atoms with van der Waals surface area (Å²) in [4.78, 5) is 15.8. The monoisotopic (exact) mass is 289 g/mol. The highest BCUT2D eigenvalue weighted by Crippen LogP contribution is 2.14. The lowest BCUT2D eigenvalue weighted by molar-refractivity contribution is 0.0946. The Morgan fingerprint density at radius 2 is 2.00 bits per heavy atom. The Bertz CT molecular complexity index is 633. The van der Waals surface area contributed by atoms with Crippen LogP contribution in [0.5, 0.6) is 0 Å². The quantitative estimate of drug-likeness (QED) is 0.845. The number of hydrogen-bond acceptors (Lipinski definition) is 3. The highest BCUT2D eigenvalue weighted by atomic mass is 32.1. The molecule has 0 spiro atoms. The maximum Gasteiger partial charge on any atom is 0.253 e. The van der Waals surface area contributed by atoms with Crippen LogP contribution in [0, 0.1) is 5.82 Å². The standard InChI is InChI=1S/C14H12FN3OS/c15-11-6-10(7-17-8-11)14(19)18-12(13(16)20)9-4-2-1-3-5-9/h1-8,12H,(H2,16,20)(H,18,19). The summed E-state index contributed by atoms with van der Waals surface area (Å²) in [6.45, 7) is 0. The van der Waals surface area contributed by atoms with Crippen LogP contribution in [0.2, 0.25) is 0 Å². The lowest BCUT2D eigenvalue weighted by Crippen LogP contribution is -2.36. The van der Waals surface area contributed by atoms with E-state index in [2.05, 4.69) is 10.3 Å². The number of pyridine rings is 1. The number of carbonyl (C=O) groups is 1. The Kier molecular flexibility index (Phi) is 4.37. The third-order valence-corrected chi connectivity index (χ3v) is 2.90. The van der Waals surface area contributed by atoms with Crippen molar-refractivity contribution in [3.05, 3.63) is 65.7 Å². The highest BCUT2D eigenvalue weighted by Gasteiger charge is 2.18. The molecule has 0 radical (unpaired) electrons. The number of carbonyl (C=O) groups excluding carboxylic acids is 1. The number of hydrogen-bond donors (Lipinski definition) is 2. The molecule has 1 aromatic carbocycles. The van der Waals surface area contributed by atoms with Gasteiger partial charge in [0.05, 0.1) is 11.8 Å². The smallest absolute Gasteiger partial charge is 0.253 e. The van der Waals surface area contributed by atoms with Crippen molar-refractivity contribution >= 4 is 23.1 Å². The van der Waals surface area contributed by atoms with Gasteiger partial charge in [-0.1, -0.05) is 42.5 Å². The molecular formula is C14H12FN3OS. The third kappa shape index (κ3) is 3.36. The van der Waals surface area contributed by atoms with Crippen LogP contribution in [0.4, 0.5) is 4.39 Å². The van der Waals surface area contributed by atoms with E-state index >= 15 is 0 Å². The topological polar surface area (TPSA) is 68.0 Å². The Morgan fingerprint density at radius 3 is 2.60 bits per heavy atom. The van der Waals surface area contributed by atoms with Gasteiger partial charge in [0.1, 0.15) is 16.8 Å². The summed E-state index contributed by atoms with van der Waals surface area (Å²) in [7, 11) is 0. The fourth-order valence-electron chi connectivity index (χ4n) is 1.71. The molecule has 1 heterocycles. The maximum atomic E-state index is 13.1. The van der Waals surface area contributed by atoms with Crippen LogP contribution in [-0.4, -0.2) is 15.9 Å². The van der Waals surface area contributed by atoms with Gasteiger partial charge in [0, 0.05) is 6.20 Å². The van der Waals surface area contributed by atoms with Crippen LogP contribution in [0.15, 0.2) is 48.8 Å². The summed E-state index contributed by atoms with van der Waals surface area (Å²) < 4.78 is 13.1. The van der Waals surface area contributed by atoms with Crippen molar-refractivity contribution in [3.8, 4) is 0 Å².